The lowest BCUT2D eigenvalue weighted by Crippen LogP contribution is -2.47. The second-order valence-corrected chi connectivity index (χ2v) is 5.81. The van der Waals surface area contributed by atoms with Gasteiger partial charge in [0.15, 0.2) is 0 Å². The van der Waals surface area contributed by atoms with Crippen molar-refractivity contribution >= 4 is 24.8 Å². The first-order valence-corrected chi connectivity index (χ1v) is 7.58. The molecule has 126 valence electrons. The molecule has 1 aliphatic carbocycles. The molecule has 3 nitrogen and oxygen atoms in total. The van der Waals surface area contributed by atoms with Crippen LogP contribution in [0.4, 0.5) is 4.39 Å². The van der Waals surface area contributed by atoms with Gasteiger partial charge in [0, 0.05) is 43.9 Å². The molecule has 0 unspecified atom stereocenters. The lowest BCUT2D eigenvalue weighted by atomic mass is 9.76. The number of nitrogens with one attached hydrogen (secondary N) is 1. The van der Waals surface area contributed by atoms with Crippen LogP contribution in [0.2, 0.25) is 0 Å². The minimum Gasteiger partial charge on any atom is -0.496 e. The molecule has 1 aromatic rings. The standard InChI is InChI=1S/C16H23FN2O.2ClH/c1-20-15-11-13(17)5-6-14(15)16(12-3-2-4-12)19-9-7-18-8-10-19;;/h5-6,11-12,16,18H,2-4,7-10H2,1H3;2*1H/t16-;;/m0../s1. The second kappa shape index (κ2) is 8.92. The molecule has 3 rings (SSSR count). The Morgan fingerprint density at radius 2 is 1.91 bits per heavy atom. The summed E-state index contributed by atoms with van der Waals surface area (Å²) in [6.45, 7) is 4.18. The zero-order valence-corrected chi connectivity index (χ0v) is 14.5. The highest BCUT2D eigenvalue weighted by Crippen LogP contribution is 2.44. The number of benzene rings is 1. The fraction of sp³-hybridized carbons (Fsp3) is 0.625. The van der Waals surface area contributed by atoms with E-state index in [1.807, 2.05) is 6.07 Å². The maximum absolute atomic E-state index is 13.4. The first-order valence-electron chi connectivity index (χ1n) is 7.58. The van der Waals surface area contributed by atoms with Crippen LogP contribution < -0.4 is 10.1 Å². The molecular weight excluding hydrogens is 326 g/mol. The maximum Gasteiger partial charge on any atom is 0.126 e. The van der Waals surface area contributed by atoms with Crippen molar-refractivity contribution in [1.29, 1.82) is 0 Å². The van der Waals surface area contributed by atoms with Crippen molar-refractivity contribution < 1.29 is 9.13 Å². The van der Waals surface area contributed by atoms with E-state index in [2.05, 4.69) is 10.2 Å². The van der Waals surface area contributed by atoms with Crippen LogP contribution in [0.3, 0.4) is 0 Å². The van der Waals surface area contributed by atoms with E-state index in [9.17, 15) is 4.39 Å². The smallest absolute Gasteiger partial charge is 0.126 e. The van der Waals surface area contributed by atoms with Gasteiger partial charge in [-0.3, -0.25) is 4.90 Å². The van der Waals surface area contributed by atoms with E-state index in [4.69, 9.17) is 4.74 Å². The molecule has 6 heteroatoms. The van der Waals surface area contributed by atoms with E-state index >= 15 is 0 Å². The SMILES string of the molecule is COc1cc(F)ccc1[C@H](C1CCC1)N1CCNCC1.Cl.Cl. The van der Waals surface area contributed by atoms with E-state index in [-0.39, 0.29) is 30.6 Å². The zero-order valence-electron chi connectivity index (χ0n) is 12.9. The molecule has 1 aromatic carbocycles. The minimum absolute atomic E-state index is 0. The summed E-state index contributed by atoms with van der Waals surface area (Å²) in [6, 6.07) is 5.37. The van der Waals surface area contributed by atoms with Crippen molar-refractivity contribution in [2.75, 3.05) is 33.3 Å². The van der Waals surface area contributed by atoms with Crippen LogP contribution in [-0.4, -0.2) is 38.2 Å². The molecule has 0 spiro atoms. The summed E-state index contributed by atoms with van der Waals surface area (Å²) in [6.07, 6.45) is 3.86. The molecule has 0 aromatic heterocycles. The molecule has 1 saturated heterocycles. The van der Waals surface area contributed by atoms with Crippen molar-refractivity contribution in [2.45, 2.75) is 25.3 Å². The monoisotopic (exact) mass is 350 g/mol. The number of methoxy groups -OCH3 is 1. The molecule has 1 N–H and O–H groups in total. The Hall–Kier alpha value is -0.550. The number of piperazine rings is 1. The third-order valence-corrected chi connectivity index (χ3v) is 4.66. The van der Waals surface area contributed by atoms with Gasteiger partial charge in [0.2, 0.25) is 0 Å². The summed E-state index contributed by atoms with van der Waals surface area (Å²) in [5.41, 5.74) is 1.15. The maximum atomic E-state index is 13.4. The summed E-state index contributed by atoms with van der Waals surface area (Å²) in [7, 11) is 1.63. The first kappa shape index (κ1) is 19.5. The molecule has 0 bridgehead atoms. The average molecular weight is 351 g/mol. The van der Waals surface area contributed by atoms with E-state index in [0.717, 1.165) is 31.7 Å². The summed E-state index contributed by atoms with van der Waals surface area (Å²) in [5.74, 6) is 1.16. The van der Waals surface area contributed by atoms with Crippen LogP contribution in [-0.2, 0) is 0 Å². The van der Waals surface area contributed by atoms with Gasteiger partial charge < -0.3 is 10.1 Å². The summed E-state index contributed by atoms with van der Waals surface area (Å²) in [4.78, 5) is 2.54. The van der Waals surface area contributed by atoms with Crippen LogP contribution in [0.5, 0.6) is 5.75 Å². The third-order valence-electron chi connectivity index (χ3n) is 4.66. The van der Waals surface area contributed by atoms with Gasteiger partial charge in [0.1, 0.15) is 11.6 Å². The number of hydrogen-bond acceptors (Lipinski definition) is 3. The molecular formula is C16H25Cl2FN2O. The van der Waals surface area contributed by atoms with Gasteiger partial charge in [-0.1, -0.05) is 12.5 Å². The van der Waals surface area contributed by atoms with Gasteiger partial charge in [0.05, 0.1) is 7.11 Å². The van der Waals surface area contributed by atoms with Crippen LogP contribution in [0.1, 0.15) is 30.9 Å². The Bertz CT molecular complexity index is 465. The third kappa shape index (κ3) is 4.05. The Morgan fingerprint density at radius 1 is 1.23 bits per heavy atom. The highest BCUT2D eigenvalue weighted by molar-refractivity contribution is 5.85. The molecule has 0 amide bonds. The van der Waals surface area contributed by atoms with Crippen molar-refractivity contribution in [3.8, 4) is 5.75 Å². The number of halogens is 3. The Labute approximate surface area is 144 Å². The van der Waals surface area contributed by atoms with Crippen molar-refractivity contribution in [3.05, 3.63) is 29.6 Å². The zero-order chi connectivity index (χ0) is 13.9. The van der Waals surface area contributed by atoms with Crippen LogP contribution in [0.25, 0.3) is 0 Å². The van der Waals surface area contributed by atoms with Gasteiger partial charge in [-0.15, -0.1) is 24.8 Å². The van der Waals surface area contributed by atoms with Crippen LogP contribution >= 0.6 is 24.8 Å². The molecule has 1 saturated carbocycles. The Kier molecular flexibility index (Phi) is 7.90. The highest BCUT2D eigenvalue weighted by atomic mass is 35.5. The predicted octanol–water partition coefficient (Wildman–Crippen LogP) is 3.42. The highest BCUT2D eigenvalue weighted by Gasteiger charge is 2.35. The van der Waals surface area contributed by atoms with E-state index in [1.54, 1.807) is 13.2 Å². The van der Waals surface area contributed by atoms with Gasteiger partial charge in [-0.25, -0.2) is 4.39 Å². The van der Waals surface area contributed by atoms with E-state index in [0.29, 0.717) is 17.7 Å². The lowest BCUT2D eigenvalue weighted by molar-refractivity contribution is 0.0818. The number of nitrogens with zero attached hydrogens (tertiary/aromatic N) is 1. The molecule has 22 heavy (non-hydrogen) atoms. The van der Waals surface area contributed by atoms with E-state index in [1.165, 1.54) is 25.3 Å². The summed E-state index contributed by atoms with van der Waals surface area (Å²) >= 11 is 0. The fourth-order valence-electron chi connectivity index (χ4n) is 3.39. The normalized spacial score (nSPS) is 20.3. The minimum atomic E-state index is -0.224. The molecule has 1 aliphatic heterocycles. The second-order valence-electron chi connectivity index (χ2n) is 5.81. The topological polar surface area (TPSA) is 24.5 Å². The van der Waals surface area contributed by atoms with Gasteiger partial charge in [-0.05, 0) is 24.8 Å². The quantitative estimate of drug-likeness (QED) is 0.900. The Balaban J connectivity index is 0.00000121. The summed E-state index contributed by atoms with van der Waals surface area (Å²) in [5, 5.41) is 3.40. The molecule has 2 aliphatic rings. The molecule has 2 fully saturated rings. The van der Waals surface area contributed by atoms with Crippen LogP contribution in [0, 0.1) is 11.7 Å². The number of ether oxygens (including phenoxy) is 1. The van der Waals surface area contributed by atoms with E-state index < -0.39 is 0 Å². The average Bonchev–Trinajstić information content (AvgIpc) is 2.44. The molecule has 0 radical (unpaired) electrons. The lowest BCUT2D eigenvalue weighted by Gasteiger charge is -2.43. The van der Waals surface area contributed by atoms with Crippen LogP contribution in [0.15, 0.2) is 18.2 Å². The van der Waals surface area contributed by atoms with Crippen molar-refractivity contribution in [1.82, 2.24) is 10.2 Å². The summed E-state index contributed by atoms with van der Waals surface area (Å²) < 4.78 is 18.9. The predicted molar refractivity (Wildman–Crippen MR) is 92.0 cm³/mol. The Morgan fingerprint density at radius 3 is 2.45 bits per heavy atom. The van der Waals surface area contributed by atoms with Gasteiger partial charge >= 0.3 is 0 Å². The number of hydrogen-bond donors (Lipinski definition) is 1. The number of rotatable bonds is 4. The van der Waals surface area contributed by atoms with Crippen molar-refractivity contribution in [2.24, 2.45) is 5.92 Å². The first-order chi connectivity index (χ1) is 9.79. The van der Waals surface area contributed by atoms with Crippen molar-refractivity contribution in [3.63, 3.8) is 0 Å². The largest absolute Gasteiger partial charge is 0.496 e. The fourth-order valence-corrected chi connectivity index (χ4v) is 3.39. The van der Waals surface area contributed by atoms with Gasteiger partial charge in [-0.2, -0.15) is 0 Å². The molecule has 1 atom stereocenters. The van der Waals surface area contributed by atoms with Gasteiger partial charge in [0.25, 0.3) is 0 Å². The molecule has 1 heterocycles.